The lowest BCUT2D eigenvalue weighted by atomic mass is 10.1. The van der Waals surface area contributed by atoms with Gasteiger partial charge in [-0.3, -0.25) is 0 Å². The van der Waals surface area contributed by atoms with Crippen molar-refractivity contribution in [2.75, 3.05) is 0 Å². The van der Waals surface area contributed by atoms with E-state index in [1.165, 1.54) is 11.1 Å². The molecule has 0 heteroatoms. The van der Waals surface area contributed by atoms with Crippen LogP contribution in [-0.4, -0.2) is 0 Å². The highest BCUT2D eigenvalue weighted by Crippen LogP contribution is 2.04. The summed E-state index contributed by atoms with van der Waals surface area (Å²) >= 11 is 0. The van der Waals surface area contributed by atoms with Gasteiger partial charge in [-0.2, -0.15) is 0 Å². The molecule has 14 heavy (non-hydrogen) atoms. The maximum absolute atomic E-state index is 2.12. The Morgan fingerprint density at radius 3 is 2.14 bits per heavy atom. The molecule has 0 aromatic heterocycles. The molecule has 1 aromatic rings. The summed E-state index contributed by atoms with van der Waals surface area (Å²) in [5, 5.41) is 0. The number of hydrogen-bond acceptors (Lipinski definition) is 0. The second-order valence-electron chi connectivity index (χ2n) is 3.18. The van der Waals surface area contributed by atoms with Gasteiger partial charge in [0.05, 0.1) is 0 Å². The van der Waals surface area contributed by atoms with Crippen molar-refractivity contribution in [3.63, 3.8) is 0 Å². The highest BCUT2D eigenvalue weighted by Gasteiger charge is 1.83. The molecule has 0 N–H and O–H groups in total. The van der Waals surface area contributed by atoms with E-state index in [4.69, 9.17) is 0 Å². The summed E-state index contributed by atoms with van der Waals surface area (Å²) in [6.07, 6.45) is 12.2. The van der Waals surface area contributed by atoms with Crippen LogP contribution in [0.5, 0.6) is 0 Å². The molecule has 0 bridgehead atoms. The Morgan fingerprint density at radius 2 is 1.50 bits per heavy atom. The number of aryl methyl sites for hydroxylation is 1. The first-order valence-corrected chi connectivity index (χ1v) is 4.85. The summed E-state index contributed by atoms with van der Waals surface area (Å²) in [5.74, 6) is 0. The predicted octanol–water partition coefficient (Wildman–Crippen LogP) is 4.14. The molecule has 0 saturated heterocycles. The fourth-order valence-corrected chi connectivity index (χ4v) is 1.08. The number of benzene rings is 1. The van der Waals surface area contributed by atoms with Gasteiger partial charge in [-0.1, -0.05) is 66.3 Å². The van der Waals surface area contributed by atoms with E-state index in [1.54, 1.807) is 0 Å². The Hall–Kier alpha value is -1.56. The van der Waals surface area contributed by atoms with E-state index in [0.717, 1.165) is 0 Å². The fourth-order valence-electron chi connectivity index (χ4n) is 1.08. The maximum Gasteiger partial charge on any atom is -0.0256 e. The van der Waals surface area contributed by atoms with Gasteiger partial charge in [0.2, 0.25) is 0 Å². The molecule has 0 atom stereocenters. The van der Waals surface area contributed by atoms with Gasteiger partial charge in [-0.15, -0.1) is 0 Å². The van der Waals surface area contributed by atoms with E-state index < -0.39 is 0 Å². The summed E-state index contributed by atoms with van der Waals surface area (Å²) < 4.78 is 0. The Balaban J connectivity index is 2.56. The van der Waals surface area contributed by atoms with Crippen molar-refractivity contribution in [1.29, 1.82) is 0 Å². The molecule has 0 aliphatic heterocycles. The molecule has 1 rings (SSSR count). The predicted molar refractivity (Wildman–Crippen MR) is 64.2 cm³/mol. The lowest BCUT2D eigenvalue weighted by Gasteiger charge is -1.92. The van der Waals surface area contributed by atoms with Crippen molar-refractivity contribution in [3.05, 3.63) is 65.8 Å². The van der Waals surface area contributed by atoms with E-state index in [9.17, 15) is 0 Å². The molecule has 72 valence electrons. The summed E-state index contributed by atoms with van der Waals surface area (Å²) in [6.45, 7) is 4.10. The van der Waals surface area contributed by atoms with E-state index in [0.29, 0.717) is 0 Å². The largest absolute Gasteiger partial charge is 0.0877 e. The third-order valence-corrected chi connectivity index (χ3v) is 1.89. The summed E-state index contributed by atoms with van der Waals surface area (Å²) in [5.41, 5.74) is 2.53. The van der Waals surface area contributed by atoms with Crippen LogP contribution < -0.4 is 0 Å². The molecule has 0 amide bonds. The molecule has 0 aliphatic carbocycles. The zero-order chi connectivity index (χ0) is 10.2. The fraction of sp³-hybridized carbons (Fsp3) is 0.143. The lowest BCUT2D eigenvalue weighted by Crippen LogP contribution is -1.72. The standard InChI is InChI=1S/C14H16/c1-3-4-5-6-7-8-14-11-9-13(2)10-12-14/h3-12H,1-2H3/b4-3+,6-5+,8-7+. The van der Waals surface area contributed by atoms with Gasteiger partial charge in [0, 0.05) is 0 Å². The zero-order valence-corrected chi connectivity index (χ0v) is 8.77. The lowest BCUT2D eigenvalue weighted by molar-refractivity contribution is 1.46. The molecule has 0 spiro atoms. The topological polar surface area (TPSA) is 0 Å². The van der Waals surface area contributed by atoms with Gasteiger partial charge >= 0.3 is 0 Å². The molecule has 0 fully saturated rings. The van der Waals surface area contributed by atoms with Gasteiger partial charge in [-0.05, 0) is 19.4 Å². The van der Waals surface area contributed by atoms with E-state index in [1.807, 2.05) is 37.3 Å². The van der Waals surface area contributed by atoms with Crippen molar-refractivity contribution < 1.29 is 0 Å². The van der Waals surface area contributed by atoms with E-state index >= 15 is 0 Å². The van der Waals surface area contributed by atoms with Gasteiger partial charge in [0.1, 0.15) is 0 Å². The average Bonchev–Trinajstić information content (AvgIpc) is 2.21. The van der Waals surface area contributed by atoms with E-state index in [-0.39, 0.29) is 0 Å². The Morgan fingerprint density at radius 1 is 0.857 bits per heavy atom. The maximum atomic E-state index is 2.12. The van der Waals surface area contributed by atoms with Crippen LogP contribution in [0.25, 0.3) is 6.08 Å². The Labute approximate surface area is 86.3 Å². The smallest absolute Gasteiger partial charge is 0.0256 e. The van der Waals surface area contributed by atoms with E-state index in [2.05, 4.69) is 37.3 Å². The van der Waals surface area contributed by atoms with Crippen LogP contribution in [0.15, 0.2) is 54.6 Å². The molecule has 0 radical (unpaired) electrons. The first-order valence-electron chi connectivity index (χ1n) is 4.85. The molecule has 1 aromatic carbocycles. The second-order valence-corrected chi connectivity index (χ2v) is 3.18. The minimum Gasteiger partial charge on any atom is -0.0877 e. The normalized spacial score (nSPS) is 12.1. The molecule has 0 saturated carbocycles. The van der Waals surface area contributed by atoms with Gasteiger partial charge in [0.15, 0.2) is 0 Å². The zero-order valence-electron chi connectivity index (χ0n) is 8.77. The Bertz CT molecular complexity index is 337. The highest BCUT2D eigenvalue weighted by molar-refractivity contribution is 5.51. The van der Waals surface area contributed by atoms with Crippen LogP contribution in [0.3, 0.4) is 0 Å². The van der Waals surface area contributed by atoms with Gasteiger partial charge < -0.3 is 0 Å². The molecule has 0 heterocycles. The minimum absolute atomic E-state index is 1.24. The van der Waals surface area contributed by atoms with Crippen LogP contribution >= 0.6 is 0 Å². The monoisotopic (exact) mass is 184 g/mol. The molecule has 0 unspecified atom stereocenters. The SMILES string of the molecule is C/C=C/C=C/C=C/c1ccc(C)cc1. The van der Waals surface area contributed by atoms with Gasteiger partial charge in [-0.25, -0.2) is 0 Å². The average molecular weight is 184 g/mol. The number of allylic oxidation sites excluding steroid dienone is 5. The summed E-state index contributed by atoms with van der Waals surface area (Å²) in [6, 6.07) is 8.48. The molecular weight excluding hydrogens is 168 g/mol. The van der Waals surface area contributed by atoms with Crippen LogP contribution in [0.2, 0.25) is 0 Å². The number of rotatable bonds is 3. The first kappa shape index (κ1) is 10.5. The van der Waals surface area contributed by atoms with Crippen molar-refractivity contribution >= 4 is 6.08 Å². The van der Waals surface area contributed by atoms with Crippen LogP contribution in [0.1, 0.15) is 18.1 Å². The third-order valence-electron chi connectivity index (χ3n) is 1.89. The van der Waals surface area contributed by atoms with Crippen molar-refractivity contribution in [2.45, 2.75) is 13.8 Å². The van der Waals surface area contributed by atoms with Crippen LogP contribution in [-0.2, 0) is 0 Å². The first-order chi connectivity index (χ1) is 6.83. The van der Waals surface area contributed by atoms with Gasteiger partial charge in [0.25, 0.3) is 0 Å². The Kier molecular flexibility index (Phi) is 4.49. The molecule has 0 nitrogen and oxygen atoms in total. The quantitative estimate of drug-likeness (QED) is 0.619. The third kappa shape index (κ3) is 3.90. The highest BCUT2D eigenvalue weighted by atomic mass is 13.9. The summed E-state index contributed by atoms with van der Waals surface area (Å²) in [7, 11) is 0. The minimum atomic E-state index is 1.24. The van der Waals surface area contributed by atoms with Crippen LogP contribution in [0, 0.1) is 6.92 Å². The molecule has 0 aliphatic rings. The van der Waals surface area contributed by atoms with Crippen LogP contribution in [0.4, 0.5) is 0 Å². The second kappa shape index (κ2) is 5.98. The summed E-state index contributed by atoms with van der Waals surface area (Å²) in [4.78, 5) is 0. The van der Waals surface area contributed by atoms with Crippen molar-refractivity contribution in [3.8, 4) is 0 Å². The van der Waals surface area contributed by atoms with Crippen molar-refractivity contribution in [2.24, 2.45) is 0 Å². The number of hydrogen-bond donors (Lipinski definition) is 0. The molecular formula is C14H16. The van der Waals surface area contributed by atoms with Crippen molar-refractivity contribution in [1.82, 2.24) is 0 Å².